The molecule has 1 rings (SSSR count). The lowest BCUT2D eigenvalue weighted by Gasteiger charge is -2.11. The number of rotatable bonds is 4. The van der Waals surface area contributed by atoms with Gasteiger partial charge < -0.3 is 9.47 Å². The molecule has 0 spiro atoms. The van der Waals surface area contributed by atoms with Crippen molar-refractivity contribution >= 4 is 34.1 Å². The van der Waals surface area contributed by atoms with Crippen LogP contribution in [0.3, 0.4) is 0 Å². The standard InChI is InChI=1S/C11H12BrNO2/c1-7(14-3)8-5-9(12)11(15-4)6-10(8)13-2/h5-6H,1-2H2,3-4H3. The van der Waals surface area contributed by atoms with E-state index in [1.165, 1.54) is 0 Å². The van der Waals surface area contributed by atoms with Gasteiger partial charge in [0.1, 0.15) is 11.5 Å². The fourth-order valence-corrected chi connectivity index (χ4v) is 1.67. The van der Waals surface area contributed by atoms with E-state index in [2.05, 4.69) is 34.2 Å². The number of nitrogens with zero attached hydrogens (tertiary/aromatic N) is 1. The van der Waals surface area contributed by atoms with Crippen molar-refractivity contribution in [1.82, 2.24) is 0 Å². The lowest BCUT2D eigenvalue weighted by Crippen LogP contribution is -1.90. The van der Waals surface area contributed by atoms with E-state index in [1.54, 1.807) is 20.3 Å². The molecule has 0 heterocycles. The highest BCUT2D eigenvalue weighted by molar-refractivity contribution is 9.10. The van der Waals surface area contributed by atoms with Gasteiger partial charge in [0.25, 0.3) is 0 Å². The maximum atomic E-state index is 5.15. The van der Waals surface area contributed by atoms with Gasteiger partial charge in [0.15, 0.2) is 0 Å². The predicted octanol–water partition coefficient (Wildman–Crippen LogP) is 3.41. The van der Waals surface area contributed by atoms with E-state index in [1.807, 2.05) is 6.07 Å². The molecule has 0 atom stereocenters. The molecule has 0 radical (unpaired) electrons. The average molecular weight is 270 g/mol. The topological polar surface area (TPSA) is 30.8 Å². The molecule has 0 aromatic heterocycles. The minimum absolute atomic E-state index is 0.542. The predicted molar refractivity (Wildman–Crippen MR) is 65.9 cm³/mol. The number of methoxy groups -OCH3 is 2. The zero-order valence-electron chi connectivity index (χ0n) is 8.71. The highest BCUT2D eigenvalue weighted by atomic mass is 79.9. The van der Waals surface area contributed by atoms with Crippen LogP contribution in [0.2, 0.25) is 0 Å². The smallest absolute Gasteiger partial charge is 0.135 e. The molecular formula is C11H12BrNO2. The number of benzene rings is 1. The summed E-state index contributed by atoms with van der Waals surface area (Å²) in [6.45, 7) is 7.27. The zero-order chi connectivity index (χ0) is 11.4. The van der Waals surface area contributed by atoms with Crippen molar-refractivity contribution < 1.29 is 9.47 Å². The van der Waals surface area contributed by atoms with Crippen molar-refractivity contribution in [2.24, 2.45) is 4.99 Å². The van der Waals surface area contributed by atoms with Crippen molar-refractivity contribution in [1.29, 1.82) is 0 Å². The zero-order valence-corrected chi connectivity index (χ0v) is 10.3. The molecule has 0 amide bonds. The average Bonchev–Trinajstić information content (AvgIpc) is 2.27. The number of hydrogen-bond acceptors (Lipinski definition) is 3. The third-order valence-corrected chi connectivity index (χ3v) is 2.61. The molecule has 0 unspecified atom stereocenters. The van der Waals surface area contributed by atoms with Gasteiger partial charge in [-0.3, -0.25) is 4.99 Å². The molecule has 0 bridgehead atoms. The van der Waals surface area contributed by atoms with E-state index in [0.717, 1.165) is 10.0 Å². The van der Waals surface area contributed by atoms with Crippen molar-refractivity contribution in [3.05, 3.63) is 28.7 Å². The van der Waals surface area contributed by atoms with Crippen molar-refractivity contribution in [2.45, 2.75) is 0 Å². The van der Waals surface area contributed by atoms with Gasteiger partial charge in [0.05, 0.1) is 24.4 Å². The molecule has 4 heteroatoms. The Kier molecular flexibility index (Phi) is 3.91. The Labute approximate surface area is 97.6 Å². The minimum Gasteiger partial charge on any atom is -0.497 e. The van der Waals surface area contributed by atoms with Crippen molar-refractivity contribution in [3.8, 4) is 5.75 Å². The molecule has 0 N–H and O–H groups in total. The molecule has 0 aliphatic rings. The Morgan fingerprint density at radius 2 is 2.07 bits per heavy atom. The lowest BCUT2D eigenvalue weighted by molar-refractivity contribution is 0.371. The van der Waals surface area contributed by atoms with Crippen LogP contribution in [0.1, 0.15) is 5.56 Å². The highest BCUT2D eigenvalue weighted by Crippen LogP contribution is 2.35. The molecule has 1 aromatic rings. The van der Waals surface area contributed by atoms with Crippen LogP contribution in [0.15, 0.2) is 28.2 Å². The quantitative estimate of drug-likeness (QED) is 0.620. The molecule has 15 heavy (non-hydrogen) atoms. The fourth-order valence-electron chi connectivity index (χ4n) is 1.16. The van der Waals surface area contributed by atoms with Crippen LogP contribution in [0.5, 0.6) is 5.75 Å². The first-order valence-electron chi connectivity index (χ1n) is 4.21. The first kappa shape index (κ1) is 11.8. The van der Waals surface area contributed by atoms with Crippen LogP contribution in [0, 0.1) is 0 Å². The van der Waals surface area contributed by atoms with Gasteiger partial charge in [-0.15, -0.1) is 0 Å². The summed E-state index contributed by atoms with van der Waals surface area (Å²) in [5, 5.41) is 0. The Morgan fingerprint density at radius 1 is 1.40 bits per heavy atom. The van der Waals surface area contributed by atoms with Crippen LogP contribution < -0.4 is 4.74 Å². The van der Waals surface area contributed by atoms with Gasteiger partial charge in [-0.1, -0.05) is 6.58 Å². The van der Waals surface area contributed by atoms with Crippen LogP contribution >= 0.6 is 15.9 Å². The largest absolute Gasteiger partial charge is 0.497 e. The fraction of sp³-hybridized carbons (Fsp3) is 0.182. The van der Waals surface area contributed by atoms with Crippen molar-refractivity contribution in [3.63, 3.8) is 0 Å². The molecule has 0 fully saturated rings. The second kappa shape index (κ2) is 4.98. The van der Waals surface area contributed by atoms with E-state index in [4.69, 9.17) is 9.47 Å². The first-order valence-corrected chi connectivity index (χ1v) is 5.00. The monoisotopic (exact) mass is 269 g/mol. The summed E-state index contributed by atoms with van der Waals surface area (Å²) >= 11 is 3.38. The van der Waals surface area contributed by atoms with E-state index < -0.39 is 0 Å². The van der Waals surface area contributed by atoms with E-state index in [0.29, 0.717) is 17.2 Å². The molecule has 0 aliphatic heterocycles. The normalized spacial score (nSPS) is 9.53. The third kappa shape index (κ3) is 2.39. The molecule has 3 nitrogen and oxygen atoms in total. The van der Waals surface area contributed by atoms with Gasteiger partial charge in [0, 0.05) is 11.6 Å². The third-order valence-electron chi connectivity index (χ3n) is 1.99. The molecule has 80 valence electrons. The summed E-state index contributed by atoms with van der Waals surface area (Å²) in [7, 11) is 3.16. The summed E-state index contributed by atoms with van der Waals surface area (Å²) in [6, 6.07) is 3.62. The maximum absolute atomic E-state index is 5.15. The van der Waals surface area contributed by atoms with Gasteiger partial charge in [-0.25, -0.2) is 0 Å². The second-order valence-corrected chi connectivity index (χ2v) is 3.64. The van der Waals surface area contributed by atoms with E-state index in [9.17, 15) is 0 Å². The summed E-state index contributed by atoms with van der Waals surface area (Å²) < 4.78 is 11.0. The van der Waals surface area contributed by atoms with Crippen LogP contribution in [-0.2, 0) is 4.74 Å². The molecule has 0 saturated carbocycles. The lowest BCUT2D eigenvalue weighted by atomic mass is 10.1. The van der Waals surface area contributed by atoms with Gasteiger partial charge in [-0.05, 0) is 28.7 Å². The molecule has 0 saturated heterocycles. The number of ether oxygens (including phenoxy) is 2. The number of hydrogen-bond donors (Lipinski definition) is 0. The van der Waals surface area contributed by atoms with E-state index in [-0.39, 0.29) is 0 Å². The summed E-state index contributed by atoms with van der Waals surface area (Å²) in [5.74, 6) is 1.24. The maximum Gasteiger partial charge on any atom is 0.135 e. The number of halogens is 1. The minimum atomic E-state index is 0.542. The van der Waals surface area contributed by atoms with Crippen LogP contribution in [-0.4, -0.2) is 20.9 Å². The second-order valence-electron chi connectivity index (χ2n) is 2.79. The van der Waals surface area contributed by atoms with Gasteiger partial charge in [0.2, 0.25) is 0 Å². The Bertz CT molecular complexity index is 402. The summed E-state index contributed by atoms with van der Waals surface area (Å²) in [6.07, 6.45) is 0. The van der Waals surface area contributed by atoms with Crippen molar-refractivity contribution in [2.75, 3.05) is 14.2 Å². The first-order chi connectivity index (χ1) is 7.13. The molecular weight excluding hydrogens is 258 g/mol. The highest BCUT2D eigenvalue weighted by Gasteiger charge is 2.10. The van der Waals surface area contributed by atoms with Gasteiger partial charge in [-0.2, -0.15) is 0 Å². The Balaban J connectivity index is 3.33. The van der Waals surface area contributed by atoms with Crippen LogP contribution in [0.4, 0.5) is 5.69 Å². The van der Waals surface area contributed by atoms with Crippen LogP contribution in [0.25, 0.3) is 5.76 Å². The summed E-state index contributed by atoms with van der Waals surface area (Å²) in [4.78, 5) is 3.90. The number of aliphatic imine (C=N–C) groups is 1. The van der Waals surface area contributed by atoms with Gasteiger partial charge >= 0.3 is 0 Å². The Morgan fingerprint density at radius 3 is 2.53 bits per heavy atom. The SMILES string of the molecule is C=Nc1cc(OC)c(Br)cc1C(=C)OC. The molecule has 0 aliphatic carbocycles. The summed E-state index contributed by atoms with van der Waals surface area (Å²) in [5.41, 5.74) is 1.47. The molecule has 1 aromatic carbocycles. The van der Waals surface area contributed by atoms with E-state index >= 15 is 0 Å². The Hall–Kier alpha value is -1.29.